The zero-order valence-corrected chi connectivity index (χ0v) is 16.7. The van der Waals surface area contributed by atoms with Gasteiger partial charge in [0.1, 0.15) is 11.4 Å². The third kappa shape index (κ3) is 4.68. The monoisotopic (exact) mass is 381 g/mol. The molecule has 2 heterocycles. The number of amides is 2. The van der Waals surface area contributed by atoms with E-state index in [1.807, 2.05) is 31.7 Å². The number of carbonyl (C=O) groups excluding carboxylic acids is 2. The minimum atomic E-state index is -0.167. The summed E-state index contributed by atoms with van der Waals surface area (Å²) in [5.41, 5.74) is 3.67. The van der Waals surface area contributed by atoms with E-state index in [9.17, 15) is 9.59 Å². The van der Waals surface area contributed by atoms with Crippen molar-refractivity contribution >= 4 is 11.8 Å². The van der Waals surface area contributed by atoms with Crippen molar-refractivity contribution in [3.05, 3.63) is 58.9 Å². The number of pyridine rings is 1. The van der Waals surface area contributed by atoms with Gasteiger partial charge in [0.15, 0.2) is 6.61 Å². The Kier molecular flexibility index (Phi) is 6.29. The number of aryl methyl sites for hydroxylation is 2. The lowest BCUT2D eigenvalue weighted by atomic mass is 10.0. The number of ether oxygens (including phenoxy) is 1. The highest BCUT2D eigenvalue weighted by molar-refractivity contribution is 5.92. The van der Waals surface area contributed by atoms with Crippen molar-refractivity contribution in [1.29, 1.82) is 0 Å². The molecular formula is C22H27N3O3. The van der Waals surface area contributed by atoms with Crippen molar-refractivity contribution in [2.75, 3.05) is 19.7 Å². The molecule has 28 heavy (non-hydrogen) atoms. The van der Waals surface area contributed by atoms with Gasteiger partial charge < -0.3 is 15.0 Å². The third-order valence-corrected chi connectivity index (χ3v) is 5.29. The van der Waals surface area contributed by atoms with Gasteiger partial charge >= 0.3 is 0 Å². The average molecular weight is 381 g/mol. The molecule has 148 valence electrons. The summed E-state index contributed by atoms with van der Waals surface area (Å²) < 4.78 is 5.84. The van der Waals surface area contributed by atoms with Crippen LogP contribution >= 0.6 is 0 Å². The number of piperidine rings is 1. The first-order chi connectivity index (χ1) is 13.5. The Morgan fingerprint density at radius 2 is 1.82 bits per heavy atom. The van der Waals surface area contributed by atoms with E-state index in [1.165, 1.54) is 0 Å². The summed E-state index contributed by atoms with van der Waals surface area (Å²) >= 11 is 0. The number of benzene rings is 1. The number of hydrogen-bond donors (Lipinski definition) is 1. The molecule has 1 aromatic carbocycles. The van der Waals surface area contributed by atoms with E-state index >= 15 is 0 Å². The molecule has 1 saturated heterocycles. The summed E-state index contributed by atoms with van der Waals surface area (Å²) in [6, 6.07) is 9.39. The first-order valence-electron chi connectivity index (χ1n) is 9.65. The van der Waals surface area contributed by atoms with E-state index < -0.39 is 0 Å². The van der Waals surface area contributed by atoms with Crippen LogP contribution in [0.4, 0.5) is 0 Å². The van der Waals surface area contributed by atoms with Crippen molar-refractivity contribution < 1.29 is 14.3 Å². The first-order valence-corrected chi connectivity index (χ1v) is 9.65. The van der Waals surface area contributed by atoms with Gasteiger partial charge in [-0.15, -0.1) is 0 Å². The van der Waals surface area contributed by atoms with E-state index in [4.69, 9.17) is 4.74 Å². The smallest absolute Gasteiger partial charge is 0.270 e. The molecule has 0 unspecified atom stereocenters. The van der Waals surface area contributed by atoms with Gasteiger partial charge in [0.25, 0.3) is 11.8 Å². The quantitative estimate of drug-likeness (QED) is 0.865. The molecule has 0 spiro atoms. The molecule has 1 N–H and O–H groups in total. The van der Waals surface area contributed by atoms with Crippen LogP contribution in [-0.2, 0) is 4.79 Å². The van der Waals surface area contributed by atoms with E-state index in [2.05, 4.69) is 16.4 Å². The summed E-state index contributed by atoms with van der Waals surface area (Å²) in [6.45, 7) is 7.30. The molecule has 6 nitrogen and oxygen atoms in total. The predicted molar refractivity (Wildman–Crippen MR) is 107 cm³/mol. The fourth-order valence-corrected chi connectivity index (χ4v) is 3.40. The maximum absolute atomic E-state index is 12.5. The number of nitrogens with zero attached hydrogens (tertiary/aromatic N) is 2. The van der Waals surface area contributed by atoms with Gasteiger partial charge in [0.2, 0.25) is 0 Å². The zero-order valence-electron chi connectivity index (χ0n) is 16.7. The van der Waals surface area contributed by atoms with Crippen LogP contribution in [0.2, 0.25) is 0 Å². The Hall–Kier alpha value is -2.89. The Balaban J connectivity index is 1.48. The number of hydrogen-bond acceptors (Lipinski definition) is 4. The number of likely N-dealkylation sites (tertiary alicyclic amines) is 1. The molecule has 0 saturated carbocycles. The van der Waals surface area contributed by atoms with Gasteiger partial charge in [0, 0.05) is 25.3 Å². The second-order valence-corrected chi connectivity index (χ2v) is 7.29. The first kappa shape index (κ1) is 19.9. The molecular weight excluding hydrogens is 354 g/mol. The summed E-state index contributed by atoms with van der Waals surface area (Å²) in [6.07, 6.45) is 3.06. The highest BCUT2D eigenvalue weighted by Gasteiger charge is 2.25. The summed E-state index contributed by atoms with van der Waals surface area (Å²) in [5.74, 6) is 0.611. The van der Waals surface area contributed by atoms with Crippen LogP contribution in [0.3, 0.4) is 0 Å². The molecule has 0 radical (unpaired) electrons. The predicted octanol–water partition coefficient (Wildman–Crippen LogP) is 2.81. The Morgan fingerprint density at radius 1 is 1.11 bits per heavy atom. The molecule has 0 atom stereocenters. The van der Waals surface area contributed by atoms with Crippen molar-refractivity contribution in [2.24, 2.45) is 0 Å². The lowest BCUT2D eigenvalue weighted by Crippen LogP contribution is -2.47. The van der Waals surface area contributed by atoms with Gasteiger partial charge in [-0.1, -0.05) is 18.2 Å². The highest BCUT2D eigenvalue weighted by Crippen LogP contribution is 2.25. The Labute approximate surface area is 165 Å². The third-order valence-electron chi connectivity index (χ3n) is 5.29. The SMILES string of the molecule is Cc1ccc(C)c(OCC(=O)N2CCC(NC(=O)c3ccccn3)CC2)c1C. The molecule has 3 rings (SSSR count). The van der Waals surface area contributed by atoms with Gasteiger partial charge in [-0.3, -0.25) is 14.6 Å². The van der Waals surface area contributed by atoms with E-state index in [0.29, 0.717) is 18.8 Å². The fraction of sp³-hybridized carbons (Fsp3) is 0.409. The lowest BCUT2D eigenvalue weighted by Gasteiger charge is -2.32. The number of rotatable bonds is 5. The molecule has 2 aromatic rings. The number of carbonyl (C=O) groups is 2. The Morgan fingerprint density at radius 3 is 2.50 bits per heavy atom. The fourth-order valence-electron chi connectivity index (χ4n) is 3.40. The summed E-state index contributed by atoms with van der Waals surface area (Å²) in [7, 11) is 0. The second kappa shape index (κ2) is 8.87. The molecule has 0 bridgehead atoms. The molecule has 0 aliphatic carbocycles. The molecule has 1 aliphatic heterocycles. The minimum Gasteiger partial charge on any atom is -0.483 e. The van der Waals surface area contributed by atoms with E-state index in [1.54, 1.807) is 24.4 Å². The van der Waals surface area contributed by atoms with Crippen molar-refractivity contribution in [3.63, 3.8) is 0 Å². The summed E-state index contributed by atoms with van der Waals surface area (Å²) in [5, 5.41) is 3.00. The van der Waals surface area contributed by atoms with Crippen molar-refractivity contribution in [1.82, 2.24) is 15.2 Å². The van der Waals surface area contributed by atoms with Crippen LogP contribution in [0.15, 0.2) is 36.5 Å². The van der Waals surface area contributed by atoms with Crippen molar-refractivity contribution in [3.8, 4) is 5.75 Å². The molecule has 6 heteroatoms. The van der Waals surface area contributed by atoms with Crippen LogP contribution in [0.5, 0.6) is 5.75 Å². The lowest BCUT2D eigenvalue weighted by molar-refractivity contribution is -0.134. The van der Waals surface area contributed by atoms with E-state index in [-0.39, 0.29) is 24.5 Å². The standard InChI is InChI=1S/C22H27N3O3/c1-15-7-8-16(2)21(17(15)3)28-14-20(26)25-12-9-18(10-13-25)24-22(27)19-6-4-5-11-23-19/h4-8,11,18H,9-10,12-14H2,1-3H3,(H,24,27). The normalized spacial score (nSPS) is 14.6. The number of aromatic nitrogens is 1. The molecule has 2 amide bonds. The van der Waals surface area contributed by atoms with Crippen LogP contribution in [0.1, 0.15) is 40.0 Å². The van der Waals surface area contributed by atoms with Crippen LogP contribution < -0.4 is 10.1 Å². The van der Waals surface area contributed by atoms with Crippen LogP contribution in [0, 0.1) is 20.8 Å². The van der Waals surface area contributed by atoms with Crippen LogP contribution in [-0.4, -0.2) is 47.4 Å². The summed E-state index contributed by atoms with van der Waals surface area (Å²) in [4.78, 5) is 30.6. The van der Waals surface area contributed by atoms with Gasteiger partial charge in [-0.2, -0.15) is 0 Å². The Bertz CT molecular complexity index is 844. The van der Waals surface area contributed by atoms with Gasteiger partial charge in [-0.05, 0) is 62.4 Å². The van der Waals surface area contributed by atoms with Crippen LogP contribution in [0.25, 0.3) is 0 Å². The minimum absolute atomic E-state index is 0.0187. The van der Waals surface area contributed by atoms with E-state index in [0.717, 1.165) is 35.3 Å². The maximum Gasteiger partial charge on any atom is 0.270 e. The van der Waals surface area contributed by atoms with Gasteiger partial charge in [-0.25, -0.2) is 0 Å². The largest absolute Gasteiger partial charge is 0.483 e. The van der Waals surface area contributed by atoms with Gasteiger partial charge in [0.05, 0.1) is 0 Å². The topological polar surface area (TPSA) is 71.5 Å². The molecule has 1 fully saturated rings. The van der Waals surface area contributed by atoms with Crippen molar-refractivity contribution in [2.45, 2.75) is 39.7 Å². The molecule has 1 aliphatic rings. The average Bonchev–Trinajstić information content (AvgIpc) is 2.72. The zero-order chi connectivity index (χ0) is 20.1. The highest BCUT2D eigenvalue weighted by atomic mass is 16.5. The molecule has 1 aromatic heterocycles. The second-order valence-electron chi connectivity index (χ2n) is 7.29. The number of nitrogens with one attached hydrogen (secondary N) is 1. The maximum atomic E-state index is 12.5.